The molecule has 0 radical (unpaired) electrons. The van der Waals surface area contributed by atoms with Crippen LogP contribution in [-0.2, 0) is 4.79 Å². The lowest BCUT2D eigenvalue weighted by atomic mass is 10.2. The lowest BCUT2D eigenvalue weighted by molar-refractivity contribution is -0.129. The number of nitrogens with one attached hydrogen (secondary N) is 1. The van der Waals surface area contributed by atoms with Crippen molar-refractivity contribution in [3.63, 3.8) is 0 Å². The SMILES string of the molecule is CCC1NCN(CC(C)CSC)C1=O. The van der Waals surface area contributed by atoms with Crippen molar-refractivity contribution in [1.29, 1.82) is 0 Å². The number of rotatable bonds is 5. The van der Waals surface area contributed by atoms with Crippen LogP contribution in [0.2, 0.25) is 0 Å². The summed E-state index contributed by atoms with van der Waals surface area (Å²) in [5, 5.41) is 3.22. The summed E-state index contributed by atoms with van der Waals surface area (Å²) >= 11 is 1.84. The molecule has 1 rings (SSSR count). The van der Waals surface area contributed by atoms with Gasteiger partial charge in [0.15, 0.2) is 0 Å². The van der Waals surface area contributed by atoms with Gasteiger partial charge in [0.1, 0.15) is 0 Å². The second-order valence-electron chi connectivity index (χ2n) is 3.94. The van der Waals surface area contributed by atoms with Crippen LogP contribution in [0.3, 0.4) is 0 Å². The Balaban J connectivity index is 2.36. The van der Waals surface area contributed by atoms with Crippen molar-refractivity contribution in [2.45, 2.75) is 26.3 Å². The zero-order valence-corrected chi connectivity index (χ0v) is 10.1. The Morgan fingerprint density at radius 3 is 2.93 bits per heavy atom. The molecule has 4 heteroatoms. The molecule has 1 fully saturated rings. The van der Waals surface area contributed by atoms with Gasteiger partial charge in [-0.15, -0.1) is 0 Å². The Hall–Kier alpha value is -0.220. The molecule has 0 aliphatic carbocycles. The molecule has 0 bridgehead atoms. The summed E-state index contributed by atoms with van der Waals surface area (Å²) in [7, 11) is 0. The monoisotopic (exact) mass is 216 g/mol. The smallest absolute Gasteiger partial charge is 0.240 e. The van der Waals surface area contributed by atoms with Crippen molar-refractivity contribution >= 4 is 17.7 Å². The normalized spacial score (nSPS) is 24.4. The topological polar surface area (TPSA) is 32.3 Å². The molecule has 14 heavy (non-hydrogen) atoms. The number of hydrogen-bond acceptors (Lipinski definition) is 3. The molecule has 1 aliphatic heterocycles. The second-order valence-corrected chi connectivity index (χ2v) is 4.85. The summed E-state index contributed by atoms with van der Waals surface area (Å²) in [6, 6.07) is 0.0662. The van der Waals surface area contributed by atoms with Gasteiger partial charge in [-0.25, -0.2) is 0 Å². The van der Waals surface area contributed by atoms with Gasteiger partial charge in [-0.3, -0.25) is 10.1 Å². The summed E-state index contributed by atoms with van der Waals surface area (Å²) in [6.45, 7) is 5.87. The van der Waals surface area contributed by atoms with Crippen LogP contribution >= 0.6 is 11.8 Å². The summed E-state index contributed by atoms with van der Waals surface area (Å²) in [6.07, 6.45) is 3.00. The molecular weight excluding hydrogens is 196 g/mol. The van der Waals surface area contributed by atoms with Gasteiger partial charge in [0, 0.05) is 6.54 Å². The van der Waals surface area contributed by atoms with Gasteiger partial charge in [-0.1, -0.05) is 13.8 Å². The van der Waals surface area contributed by atoms with E-state index in [0.29, 0.717) is 5.92 Å². The third-order valence-corrected chi connectivity index (χ3v) is 3.43. The molecule has 0 saturated carbocycles. The Bertz CT molecular complexity index is 199. The Kier molecular flexibility index (Phi) is 4.75. The van der Waals surface area contributed by atoms with Crippen LogP contribution in [0.4, 0.5) is 0 Å². The van der Waals surface area contributed by atoms with Crippen molar-refractivity contribution in [2.24, 2.45) is 5.92 Å². The number of thioether (sulfide) groups is 1. The third-order valence-electron chi connectivity index (χ3n) is 2.53. The van der Waals surface area contributed by atoms with Gasteiger partial charge in [0.05, 0.1) is 12.7 Å². The third kappa shape index (κ3) is 2.89. The molecule has 1 saturated heterocycles. The predicted molar refractivity (Wildman–Crippen MR) is 61.3 cm³/mol. The predicted octanol–water partition coefficient (Wildman–Crippen LogP) is 1.15. The van der Waals surface area contributed by atoms with Crippen LogP contribution in [0.15, 0.2) is 0 Å². The molecule has 0 aromatic carbocycles. The van der Waals surface area contributed by atoms with E-state index in [1.807, 2.05) is 23.6 Å². The molecule has 0 aromatic heterocycles. The first-order chi connectivity index (χ1) is 6.69. The van der Waals surface area contributed by atoms with E-state index in [0.717, 1.165) is 25.4 Å². The zero-order valence-electron chi connectivity index (χ0n) is 9.25. The molecule has 0 spiro atoms. The first-order valence-corrected chi connectivity index (χ1v) is 6.59. The van der Waals surface area contributed by atoms with Gasteiger partial charge < -0.3 is 4.90 Å². The van der Waals surface area contributed by atoms with Crippen molar-refractivity contribution in [3.8, 4) is 0 Å². The molecule has 1 N–H and O–H groups in total. The van der Waals surface area contributed by atoms with Crippen LogP contribution in [0.25, 0.3) is 0 Å². The average molecular weight is 216 g/mol. The minimum Gasteiger partial charge on any atom is -0.328 e. The fraction of sp³-hybridized carbons (Fsp3) is 0.900. The minimum atomic E-state index is 0.0662. The van der Waals surface area contributed by atoms with Crippen molar-refractivity contribution in [2.75, 3.05) is 25.2 Å². The van der Waals surface area contributed by atoms with Crippen LogP contribution in [-0.4, -0.2) is 42.1 Å². The number of carbonyl (C=O) groups excluding carboxylic acids is 1. The fourth-order valence-electron chi connectivity index (χ4n) is 1.79. The lowest BCUT2D eigenvalue weighted by Gasteiger charge is -2.19. The number of hydrogen-bond donors (Lipinski definition) is 1. The van der Waals surface area contributed by atoms with E-state index in [9.17, 15) is 4.79 Å². The molecular formula is C10H20N2OS. The Morgan fingerprint density at radius 2 is 2.43 bits per heavy atom. The van der Waals surface area contributed by atoms with Crippen LogP contribution in [0, 0.1) is 5.92 Å². The maximum absolute atomic E-state index is 11.7. The number of amides is 1. The lowest BCUT2D eigenvalue weighted by Crippen LogP contribution is -2.33. The van der Waals surface area contributed by atoms with Crippen LogP contribution in [0.1, 0.15) is 20.3 Å². The summed E-state index contributed by atoms with van der Waals surface area (Å²) in [5.74, 6) is 1.99. The standard InChI is InChI=1S/C10H20N2OS/c1-4-9-10(13)12(7-11-9)5-8(2)6-14-3/h8-9,11H,4-7H2,1-3H3. The number of carbonyl (C=O) groups is 1. The molecule has 0 aromatic rings. The van der Waals surface area contributed by atoms with Gasteiger partial charge in [-0.05, 0) is 24.3 Å². The van der Waals surface area contributed by atoms with E-state index in [-0.39, 0.29) is 11.9 Å². The highest BCUT2D eigenvalue weighted by Gasteiger charge is 2.29. The van der Waals surface area contributed by atoms with Gasteiger partial charge in [0.2, 0.25) is 5.91 Å². The van der Waals surface area contributed by atoms with Gasteiger partial charge in [-0.2, -0.15) is 11.8 Å². The molecule has 1 aliphatic rings. The largest absolute Gasteiger partial charge is 0.328 e. The van der Waals surface area contributed by atoms with E-state index in [1.54, 1.807) is 0 Å². The van der Waals surface area contributed by atoms with E-state index in [2.05, 4.69) is 18.5 Å². The first-order valence-electron chi connectivity index (χ1n) is 5.20. The van der Waals surface area contributed by atoms with Gasteiger partial charge in [0.25, 0.3) is 0 Å². The highest BCUT2D eigenvalue weighted by Crippen LogP contribution is 2.11. The second kappa shape index (κ2) is 5.61. The van der Waals surface area contributed by atoms with E-state index < -0.39 is 0 Å². The summed E-state index contributed by atoms with van der Waals surface area (Å²) in [4.78, 5) is 13.7. The van der Waals surface area contributed by atoms with Crippen LogP contribution in [0.5, 0.6) is 0 Å². The fourth-order valence-corrected chi connectivity index (χ4v) is 2.47. The van der Waals surface area contributed by atoms with Crippen LogP contribution < -0.4 is 5.32 Å². The van der Waals surface area contributed by atoms with E-state index in [1.165, 1.54) is 0 Å². The number of nitrogens with zero attached hydrogens (tertiary/aromatic N) is 1. The Morgan fingerprint density at radius 1 is 1.71 bits per heavy atom. The minimum absolute atomic E-state index is 0.0662. The highest BCUT2D eigenvalue weighted by molar-refractivity contribution is 7.98. The van der Waals surface area contributed by atoms with Crippen molar-refractivity contribution < 1.29 is 4.79 Å². The Labute approximate surface area is 90.6 Å². The molecule has 2 atom stereocenters. The highest BCUT2D eigenvalue weighted by atomic mass is 32.2. The van der Waals surface area contributed by atoms with E-state index >= 15 is 0 Å². The van der Waals surface area contributed by atoms with E-state index in [4.69, 9.17) is 0 Å². The van der Waals surface area contributed by atoms with Gasteiger partial charge >= 0.3 is 0 Å². The summed E-state index contributed by atoms with van der Waals surface area (Å²) < 4.78 is 0. The maximum atomic E-state index is 11.7. The first kappa shape index (κ1) is 11.9. The van der Waals surface area contributed by atoms with Crippen molar-refractivity contribution in [1.82, 2.24) is 10.2 Å². The zero-order chi connectivity index (χ0) is 10.6. The maximum Gasteiger partial charge on any atom is 0.240 e. The molecule has 2 unspecified atom stereocenters. The quantitative estimate of drug-likeness (QED) is 0.748. The molecule has 82 valence electrons. The molecule has 1 heterocycles. The average Bonchev–Trinajstić information content (AvgIpc) is 2.48. The molecule has 3 nitrogen and oxygen atoms in total. The van der Waals surface area contributed by atoms with Crippen molar-refractivity contribution in [3.05, 3.63) is 0 Å². The molecule has 1 amide bonds. The summed E-state index contributed by atoms with van der Waals surface area (Å²) in [5.41, 5.74) is 0.